The maximum Gasteiger partial charge on any atom is 0.219 e. The van der Waals surface area contributed by atoms with E-state index < -0.39 is 0 Å². The Bertz CT molecular complexity index is 842. The van der Waals surface area contributed by atoms with Crippen molar-refractivity contribution < 1.29 is 0 Å². The fourth-order valence-electron chi connectivity index (χ4n) is 2.28. The fourth-order valence-corrected chi connectivity index (χ4v) is 3.68. The van der Waals surface area contributed by atoms with E-state index in [9.17, 15) is 0 Å². The van der Waals surface area contributed by atoms with E-state index >= 15 is 0 Å². The summed E-state index contributed by atoms with van der Waals surface area (Å²) < 4.78 is 4.01. The molecule has 0 spiro atoms. The molecule has 0 amide bonds. The number of benzene rings is 1. The van der Waals surface area contributed by atoms with E-state index in [1.54, 1.807) is 0 Å². The molecule has 3 rings (SSSR count). The summed E-state index contributed by atoms with van der Waals surface area (Å²) in [6, 6.07) is 7.99. The number of nitrogens with one attached hydrogen (secondary N) is 2. The Morgan fingerprint density at radius 1 is 0.909 bits per heavy atom. The summed E-state index contributed by atoms with van der Waals surface area (Å²) >= 11 is 2.69. The van der Waals surface area contributed by atoms with Crippen molar-refractivity contribution in [3.8, 4) is 22.8 Å². The van der Waals surface area contributed by atoms with Gasteiger partial charge in [0.2, 0.25) is 9.60 Å². The topological polar surface area (TPSA) is 83.3 Å². The Hall–Kier alpha value is -2.06. The molecule has 6 nitrogen and oxygen atoms in total. The highest BCUT2D eigenvalue weighted by molar-refractivity contribution is 7.03. The molecule has 1 aromatic carbocycles. The second-order valence-corrected chi connectivity index (χ2v) is 6.65. The highest BCUT2D eigenvalue weighted by Gasteiger charge is 2.12. The average molecular weight is 332 g/mol. The van der Waals surface area contributed by atoms with Crippen LogP contribution in [-0.2, 0) is 13.1 Å². The molecule has 0 radical (unpaired) electrons. The minimum Gasteiger partial charge on any atom is -0.279 e. The van der Waals surface area contributed by atoms with E-state index in [0.29, 0.717) is 9.60 Å². The molecule has 2 N–H and O–H groups in total. The molecule has 22 heavy (non-hydrogen) atoms. The predicted molar refractivity (Wildman–Crippen MR) is 87.7 cm³/mol. The van der Waals surface area contributed by atoms with Crippen LogP contribution in [0.3, 0.4) is 0 Å². The molecule has 114 valence electrons. The van der Waals surface area contributed by atoms with Gasteiger partial charge in [0, 0.05) is 24.2 Å². The van der Waals surface area contributed by atoms with Crippen molar-refractivity contribution in [1.29, 1.82) is 10.8 Å². The third kappa shape index (κ3) is 2.67. The van der Waals surface area contributed by atoms with Crippen LogP contribution in [0, 0.1) is 10.8 Å². The molecule has 0 unspecified atom stereocenters. The smallest absolute Gasteiger partial charge is 0.219 e. The van der Waals surface area contributed by atoms with Crippen LogP contribution < -0.4 is 9.60 Å². The summed E-state index contributed by atoms with van der Waals surface area (Å²) in [5.41, 5.74) is 1.94. The van der Waals surface area contributed by atoms with Gasteiger partial charge in [0.1, 0.15) is 0 Å². The first-order chi connectivity index (χ1) is 10.6. The molecule has 0 aliphatic carbocycles. The largest absolute Gasteiger partial charge is 0.279 e. The SMILES string of the molecule is CCn1sc(=N)nc1-c1cccc(-c2nc(=N)sn2CC)c1. The number of aryl methyl sites for hydroxylation is 2. The zero-order chi connectivity index (χ0) is 15.7. The summed E-state index contributed by atoms with van der Waals surface area (Å²) in [4.78, 5) is 9.27. The van der Waals surface area contributed by atoms with Crippen LogP contribution in [0.5, 0.6) is 0 Å². The van der Waals surface area contributed by atoms with Gasteiger partial charge in [0.25, 0.3) is 0 Å². The van der Waals surface area contributed by atoms with E-state index in [-0.39, 0.29) is 0 Å². The number of hydrogen-bond acceptors (Lipinski definition) is 6. The normalized spacial score (nSPS) is 11.0. The van der Waals surface area contributed by atoms with Crippen molar-refractivity contribution in [3.63, 3.8) is 0 Å². The summed E-state index contributed by atoms with van der Waals surface area (Å²) in [7, 11) is 0. The van der Waals surface area contributed by atoms with Crippen LogP contribution in [-0.4, -0.2) is 17.9 Å². The number of nitrogens with zero attached hydrogens (tertiary/aromatic N) is 4. The van der Waals surface area contributed by atoms with Gasteiger partial charge in [0.15, 0.2) is 11.6 Å². The first-order valence-corrected chi connectivity index (χ1v) is 8.53. The van der Waals surface area contributed by atoms with Gasteiger partial charge in [-0.1, -0.05) is 18.2 Å². The van der Waals surface area contributed by atoms with Gasteiger partial charge in [-0.2, -0.15) is 9.97 Å². The van der Waals surface area contributed by atoms with E-state index in [4.69, 9.17) is 10.8 Å². The molecule has 0 atom stereocenters. The Morgan fingerprint density at radius 3 is 1.77 bits per heavy atom. The zero-order valence-corrected chi connectivity index (χ0v) is 14.0. The van der Waals surface area contributed by atoms with Crippen LogP contribution in [0.25, 0.3) is 22.8 Å². The van der Waals surface area contributed by atoms with Crippen LogP contribution in [0.1, 0.15) is 13.8 Å². The second-order valence-electron chi connectivity index (χ2n) is 4.63. The summed E-state index contributed by atoms with van der Waals surface area (Å²) in [5.74, 6) is 1.62. The van der Waals surface area contributed by atoms with Crippen molar-refractivity contribution in [2.24, 2.45) is 0 Å². The fraction of sp³-hybridized carbons (Fsp3) is 0.286. The quantitative estimate of drug-likeness (QED) is 0.769. The van der Waals surface area contributed by atoms with Gasteiger partial charge in [-0.3, -0.25) is 18.7 Å². The minimum atomic E-state index is 0.313. The molecule has 0 bridgehead atoms. The van der Waals surface area contributed by atoms with Gasteiger partial charge in [-0.05, 0) is 43.0 Å². The Balaban J connectivity index is 2.13. The lowest BCUT2D eigenvalue weighted by Gasteiger charge is -2.07. The van der Waals surface area contributed by atoms with Crippen molar-refractivity contribution in [3.05, 3.63) is 33.9 Å². The van der Waals surface area contributed by atoms with E-state index in [1.165, 1.54) is 23.1 Å². The third-order valence-electron chi connectivity index (χ3n) is 3.23. The minimum absolute atomic E-state index is 0.313. The maximum absolute atomic E-state index is 7.74. The second kappa shape index (κ2) is 5.98. The molecular formula is C14H16N6S2. The van der Waals surface area contributed by atoms with E-state index in [1.807, 2.05) is 46.0 Å². The van der Waals surface area contributed by atoms with Gasteiger partial charge in [-0.25, -0.2) is 0 Å². The van der Waals surface area contributed by atoms with Crippen molar-refractivity contribution in [2.45, 2.75) is 26.9 Å². The van der Waals surface area contributed by atoms with Gasteiger partial charge in [-0.15, -0.1) is 0 Å². The molecule has 0 aliphatic rings. The van der Waals surface area contributed by atoms with Gasteiger partial charge < -0.3 is 0 Å². The third-order valence-corrected chi connectivity index (χ3v) is 5.07. The van der Waals surface area contributed by atoms with Gasteiger partial charge in [0.05, 0.1) is 0 Å². The number of rotatable bonds is 4. The van der Waals surface area contributed by atoms with Crippen molar-refractivity contribution in [1.82, 2.24) is 17.9 Å². The van der Waals surface area contributed by atoms with Crippen molar-refractivity contribution in [2.75, 3.05) is 0 Å². The lowest BCUT2D eigenvalue weighted by molar-refractivity contribution is 0.830. The molecule has 0 aliphatic heterocycles. The lowest BCUT2D eigenvalue weighted by Crippen LogP contribution is -1.98. The molecule has 2 aromatic heterocycles. The lowest BCUT2D eigenvalue weighted by atomic mass is 10.1. The molecule has 8 heteroatoms. The summed E-state index contributed by atoms with van der Waals surface area (Å²) in [5, 5.41) is 15.5. The monoisotopic (exact) mass is 332 g/mol. The summed E-state index contributed by atoms with van der Waals surface area (Å²) in [6.45, 7) is 5.67. The highest BCUT2D eigenvalue weighted by atomic mass is 32.1. The average Bonchev–Trinajstić information content (AvgIpc) is 3.09. The van der Waals surface area contributed by atoms with Crippen molar-refractivity contribution >= 4 is 23.1 Å². The van der Waals surface area contributed by atoms with Gasteiger partial charge >= 0.3 is 0 Å². The van der Waals surface area contributed by atoms with Crippen LogP contribution in [0.2, 0.25) is 0 Å². The molecule has 0 fully saturated rings. The highest BCUT2D eigenvalue weighted by Crippen LogP contribution is 2.25. The standard InChI is InChI=1S/C14H16N6S2/c1-3-19-11(17-13(15)21-19)9-6-5-7-10(8-9)12-18-14(16)22-20(12)4-2/h5-8,15-16H,3-4H2,1-2H3. The van der Waals surface area contributed by atoms with Crippen LogP contribution in [0.15, 0.2) is 24.3 Å². The molecule has 2 heterocycles. The van der Waals surface area contributed by atoms with E-state index in [2.05, 4.69) is 9.97 Å². The first-order valence-electron chi connectivity index (χ1n) is 6.98. The Labute approximate surface area is 135 Å². The Morgan fingerprint density at radius 2 is 1.36 bits per heavy atom. The maximum atomic E-state index is 7.74. The number of hydrogen-bond donors (Lipinski definition) is 2. The molecule has 3 aromatic rings. The Kier molecular flexibility index (Phi) is 4.04. The summed E-state index contributed by atoms with van der Waals surface area (Å²) in [6.07, 6.45) is 0. The predicted octanol–water partition coefficient (Wildman–Crippen LogP) is 2.54. The number of aromatic nitrogens is 4. The molecule has 0 saturated carbocycles. The molecule has 0 saturated heterocycles. The van der Waals surface area contributed by atoms with E-state index in [0.717, 1.165) is 35.9 Å². The molecular weight excluding hydrogens is 316 g/mol. The first kappa shape index (κ1) is 14.9. The van der Waals surface area contributed by atoms with Crippen LogP contribution in [0.4, 0.5) is 0 Å². The zero-order valence-electron chi connectivity index (χ0n) is 12.3. The van der Waals surface area contributed by atoms with Crippen LogP contribution >= 0.6 is 23.1 Å².